The second kappa shape index (κ2) is 5.82. The van der Waals surface area contributed by atoms with Gasteiger partial charge in [0.25, 0.3) is 0 Å². The van der Waals surface area contributed by atoms with Gasteiger partial charge in [-0.05, 0) is 17.7 Å². The van der Waals surface area contributed by atoms with E-state index in [0.717, 1.165) is 26.2 Å². The Balaban J connectivity index is 2.00. The van der Waals surface area contributed by atoms with Crippen molar-refractivity contribution >= 4 is 5.91 Å². The number of carbonyl (C=O) groups excluding carboxylic acids is 1. The van der Waals surface area contributed by atoms with Gasteiger partial charge in [-0.25, -0.2) is 4.39 Å². The molecule has 2 rings (SSSR count). The molecule has 98 valence electrons. The van der Waals surface area contributed by atoms with Crippen LogP contribution in [-0.2, 0) is 11.2 Å². The molecule has 0 saturated carbocycles. The molecule has 1 aliphatic rings. The zero-order valence-electron chi connectivity index (χ0n) is 10.4. The van der Waals surface area contributed by atoms with E-state index in [2.05, 4.69) is 5.32 Å². The van der Waals surface area contributed by atoms with Gasteiger partial charge in [0.15, 0.2) is 11.6 Å². The molecule has 1 heterocycles. The third kappa shape index (κ3) is 2.98. The quantitative estimate of drug-likeness (QED) is 0.865. The molecule has 0 bridgehead atoms. The summed E-state index contributed by atoms with van der Waals surface area (Å²) in [6.07, 6.45) is 0.237. The maximum atomic E-state index is 13.5. The number of amides is 1. The number of hydrogen-bond acceptors (Lipinski definition) is 3. The SMILES string of the molecule is COc1ccc(CC(=O)N2CCNCC2)cc1F. The summed E-state index contributed by atoms with van der Waals surface area (Å²) in [5.41, 5.74) is 0.678. The Bertz CT molecular complexity index is 431. The Kier molecular flexibility index (Phi) is 4.15. The molecule has 4 nitrogen and oxygen atoms in total. The van der Waals surface area contributed by atoms with Gasteiger partial charge in [0.1, 0.15) is 0 Å². The standard InChI is InChI=1S/C13H17FN2O2/c1-18-12-3-2-10(8-11(12)14)9-13(17)16-6-4-15-5-7-16/h2-3,8,15H,4-7,9H2,1H3. The van der Waals surface area contributed by atoms with Crippen LogP contribution in [0.1, 0.15) is 5.56 Å². The highest BCUT2D eigenvalue weighted by molar-refractivity contribution is 5.79. The van der Waals surface area contributed by atoms with Crippen molar-refractivity contribution in [3.05, 3.63) is 29.6 Å². The Hall–Kier alpha value is -1.62. The molecule has 1 N–H and O–H groups in total. The summed E-state index contributed by atoms with van der Waals surface area (Å²) in [4.78, 5) is 13.8. The van der Waals surface area contributed by atoms with Crippen molar-refractivity contribution in [2.45, 2.75) is 6.42 Å². The van der Waals surface area contributed by atoms with E-state index < -0.39 is 5.82 Å². The zero-order chi connectivity index (χ0) is 13.0. The molecular weight excluding hydrogens is 235 g/mol. The summed E-state index contributed by atoms with van der Waals surface area (Å²) in [5.74, 6) is -0.183. The van der Waals surface area contributed by atoms with Crippen molar-refractivity contribution in [1.29, 1.82) is 0 Å². The van der Waals surface area contributed by atoms with Crippen LogP contribution in [0.5, 0.6) is 5.75 Å². The van der Waals surface area contributed by atoms with Gasteiger partial charge in [-0.1, -0.05) is 6.07 Å². The molecule has 18 heavy (non-hydrogen) atoms. The van der Waals surface area contributed by atoms with Crippen LogP contribution in [-0.4, -0.2) is 44.1 Å². The average Bonchev–Trinajstić information content (AvgIpc) is 2.40. The normalized spacial score (nSPS) is 15.6. The molecule has 1 aromatic carbocycles. The predicted molar refractivity (Wildman–Crippen MR) is 66.1 cm³/mol. The van der Waals surface area contributed by atoms with Gasteiger partial charge in [0.05, 0.1) is 13.5 Å². The first-order chi connectivity index (χ1) is 8.70. The summed E-state index contributed by atoms with van der Waals surface area (Å²) < 4.78 is 18.3. The van der Waals surface area contributed by atoms with E-state index in [1.165, 1.54) is 13.2 Å². The third-order valence-corrected chi connectivity index (χ3v) is 3.04. The van der Waals surface area contributed by atoms with Crippen LogP contribution in [0.2, 0.25) is 0 Å². The Morgan fingerprint density at radius 2 is 2.17 bits per heavy atom. The smallest absolute Gasteiger partial charge is 0.227 e. The number of carbonyl (C=O) groups is 1. The van der Waals surface area contributed by atoms with Gasteiger partial charge in [0, 0.05) is 26.2 Å². The van der Waals surface area contributed by atoms with Crippen molar-refractivity contribution in [2.75, 3.05) is 33.3 Å². The highest BCUT2D eigenvalue weighted by atomic mass is 19.1. The molecule has 5 heteroatoms. The lowest BCUT2D eigenvalue weighted by Gasteiger charge is -2.27. The molecule has 1 amide bonds. The molecule has 0 radical (unpaired) electrons. The minimum Gasteiger partial charge on any atom is -0.494 e. The number of nitrogens with zero attached hydrogens (tertiary/aromatic N) is 1. The number of hydrogen-bond donors (Lipinski definition) is 1. The fourth-order valence-electron chi connectivity index (χ4n) is 2.02. The Labute approximate surface area is 106 Å². The van der Waals surface area contributed by atoms with E-state index in [0.29, 0.717) is 5.56 Å². The molecule has 0 spiro atoms. The number of nitrogens with one attached hydrogen (secondary N) is 1. The van der Waals surface area contributed by atoms with Gasteiger partial charge in [0.2, 0.25) is 5.91 Å². The highest BCUT2D eigenvalue weighted by Gasteiger charge is 2.16. The maximum Gasteiger partial charge on any atom is 0.227 e. The van der Waals surface area contributed by atoms with Crippen molar-refractivity contribution in [3.8, 4) is 5.75 Å². The minimum absolute atomic E-state index is 0.0427. The number of benzene rings is 1. The third-order valence-electron chi connectivity index (χ3n) is 3.04. The van der Waals surface area contributed by atoms with Crippen LogP contribution < -0.4 is 10.1 Å². The van der Waals surface area contributed by atoms with E-state index in [-0.39, 0.29) is 18.1 Å². The van der Waals surface area contributed by atoms with Crippen LogP contribution in [0.3, 0.4) is 0 Å². The molecule has 0 atom stereocenters. The van der Waals surface area contributed by atoms with Gasteiger partial charge in [-0.15, -0.1) is 0 Å². The van der Waals surface area contributed by atoms with Gasteiger partial charge in [-0.2, -0.15) is 0 Å². The molecule has 0 aromatic heterocycles. The summed E-state index contributed by atoms with van der Waals surface area (Å²) >= 11 is 0. The summed E-state index contributed by atoms with van der Waals surface area (Å²) in [5, 5.41) is 3.19. The average molecular weight is 252 g/mol. The van der Waals surface area contributed by atoms with Crippen molar-refractivity contribution in [3.63, 3.8) is 0 Å². The summed E-state index contributed by atoms with van der Waals surface area (Å²) in [6, 6.07) is 4.64. The second-order valence-electron chi connectivity index (χ2n) is 4.28. The lowest BCUT2D eigenvalue weighted by Crippen LogP contribution is -2.46. The van der Waals surface area contributed by atoms with E-state index in [9.17, 15) is 9.18 Å². The lowest BCUT2D eigenvalue weighted by atomic mass is 10.1. The van der Waals surface area contributed by atoms with Crippen LogP contribution in [0.4, 0.5) is 4.39 Å². The number of halogens is 1. The topological polar surface area (TPSA) is 41.6 Å². The van der Waals surface area contributed by atoms with Gasteiger partial charge in [-0.3, -0.25) is 4.79 Å². The minimum atomic E-state index is -0.428. The summed E-state index contributed by atoms with van der Waals surface area (Å²) in [6.45, 7) is 3.08. The molecule has 1 aromatic rings. The monoisotopic (exact) mass is 252 g/mol. The van der Waals surface area contributed by atoms with Crippen LogP contribution >= 0.6 is 0 Å². The van der Waals surface area contributed by atoms with Crippen LogP contribution in [0, 0.1) is 5.82 Å². The fraction of sp³-hybridized carbons (Fsp3) is 0.462. The summed E-state index contributed by atoms with van der Waals surface area (Å²) in [7, 11) is 1.42. The molecule has 1 aliphatic heterocycles. The number of rotatable bonds is 3. The predicted octanol–water partition coefficient (Wildman–Crippen LogP) is 0.809. The molecule has 1 saturated heterocycles. The highest BCUT2D eigenvalue weighted by Crippen LogP contribution is 2.18. The fourth-order valence-corrected chi connectivity index (χ4v) is 2.02. The molecule has 1 fully saturated rings. The molecule has 0 unspecified atom stereocenters. The number of ether oxygens (including phenoxy) is 1. The largest absolute Gasteiger partial charge is 0.494 e. The Morgan fingerprint density at radius 1 is 1.44 bits per heavy atom. The van der Waals surface area contributed by atoms with Gasteiger partial charge < -0.3 is 15.0 Å². The number of methoxy groups -OCH3 is 1. The second-order valence-corrected chi connectivity index (χ2v) is 4.28. The molecule has 0 aliphatic carbocycles. The Morgan fingerprint density at radius 3 is 2.78 bits per heavy atom. The first-order valence-corrected chi connectivity index (χ1v) is 6.01. The van der Waals surface area contributed by atoms with Crippen LogP contribution in [0.15, 0.2) is 18.2 Å². The van der Waals surface area contributed by atoms with Crippen molar-refractivity contribution in [2.24, 2.45) is 0 Å². The zero-order valence-corrected chi connectivity index (χ0v) is 10.4. The first kappa shape index (κ1) is 12.8. The lowest BCUT2D eigenvalue weighted by molar-refractivity contribution is -0.131. The van der Waals surface area contributed by atoms with E-state index >= 15 is 0 Å². The van der Waals surface area contributed by atoms with Gasteiger partial charge >= 0.3 is 0 Å². The van der Waals surface area contributed by atoms with Crippen molar-refractivity contribution in [1.82, 2.24) is 10.2 Å². The first-order valence-electron chi connectivity index (χ1n) is 6.01. The maximum absolute atomic E-state index is 13.5. The van der Waals surface area contributed by atoms with E-state index in [1.807, 2.05) is 0 Å². The van der Waals surface area contributed by atoms with E-state index in [1.54, 1.807) is 17.0 Å². The number of piperazine rings is 1. The van der Waals surface area contributed by atoms with E-state index in [4.69, 9.17) is 4.74 Å². The van der Waals surface area contributed by atoms with Crippen LogP contribution in [0.25, 0.3) is 0 Å². The molecular formula is C13H17FN2O2. The van der Waals surface area contributed by atoms with Crippen molar-refractivity contribution < 1.29 is 13.9 Å².